The van der Waals surface area contributed by atoms with E-state index >= 15 is 0 Å². The van der Waals surface area contributed by atoms with Crippen molar-refractivity contribution in [3.63, 3.8) is 0 Å². The maximum atomic E-state index is 13.5. The topological polar surface area (TPSA) is 49.3 Å². The molecule has 1 atom stereocenters. The summed E-state index contributed by atoms with van der Waals surface area (Å²) < 4.78 is 40.5. The molecule has 1 unspecified atom stereocenters. The number of aryl methyl sites for hydroxylation is 1. The van der Waals surface area contributed by atoms with Gasteiger partial charge in [0.2, 0.25) is 5.91 Å². The summed E-state index contributed by atoms with van der Waals surface area (Å²) >= 11 is 0.959. The first-order valence-corrected chi connectivity index (χ1v) is 12.3. The number of thioether (sulfide) groups is 1. The van der Waals surface area contributed by atoms with E-state index in [-0.39, 0.29) is 16.8 Å². The summed E-state index contributed by atoms with van der Waals surface area (Å²) in [5, 5.41) is -0.678. The van der Waals surface area contributed by atoms with Crippen molar-refractivity contribution in [3.05, 3.63) is 71.4 Å². The fourth-order valence-electron chi connectivity index (χ4n) is 4.09. The van der Waals surface area contributed by atoms with Crippen LogP contribution in [0.1, 0.15) is 23.7 Å². The molecule has 0 aliphatic carbocycles. The van der Waals surface area contributed by atoms with Gasteiger partial charge in [-0.3, -0.25) is 4.79 Å². The highest BCUT2D eigenvalue weighted by molar-refractivity contribution is 8.00. The van der Waals surface area contributed by atoms with Crippen molar-refractivity contribution in [2.24, 2.45) is 0 Å². The average molecular weight is 501 g/mol. The average Bonchev–Trinajstić information content (AvgIpc) is 2.85. The molecule has 2 heterocycles. The number of anilines is 1. The van der Waals surface area contributed by atoms with Gasteiger partial charge in [-0.25, -0.2) is 9.97 Å². The summed E-state index contributed by atoms with van der Waals surface area (Å²) in [5.41, 5.74) is 3.34. The molecule has 0 radical (unpaired) electrons. The number of rotatable bonds is 5. The SMILES string of the molecule is Cc1cccc(N2CCN(C(=O)C(C)Sc3nc(-c4ccccc4)cc(C(F)(F)F)n3)CC2)c1C. The molecule has 1 saturated heterocycles. The highest BCUT2D eigenvalue weighted by atomic mass is 32.2. The monoisotopic (exact) mass is 500 g/mol. The van der Waals surface area contributed by atoms with E-state index in [1.54, 1.807) is 42.2 Å². The Balaban J connectivity index is 1.46. The predicted molar refractivity (Wildman–Crippen MR) is 132 cm³/mol. The van der Waals surface area contributed by atoms with E-state index in [2.05, 4.69) is 40.8 Å². The predicted octanol–water partition coefficient (Wildman–Crippen LogP) is 5.61. The molecule has 3 aromatic rings. The zero-order valence-corrected chi connectivity index (χ0v) is 20.7. The molecule has 184 valence electrons. The molecule has 9 heteroatoms. The second kappa shape index (κ2) is 10.3. The van der Waals surface area contributed by atoms with E-state index in [9.17, 15) is 18.0 Å². The van der Waals surface area contributed by atoms with E-state index in [4.69, 9.17) is 0 Å². The van der Waals surface area contributed by atoms with E-state index in [0.717, 1.165) is 17.8 Å². The lowest BCUT2D eigenvalue weighted by molar-refractivity contribution is -0.141. The third-order valence-electron chi connectivity index (χ3n) is 6.20. The molecule has 1 aliphatic heterocycles. The van der Waals surface area contributed by atoms with Gasteiger partial charge in [0, 0.05) is 37.4 Å². The van der Waals surface area contributed by atoms with Crippen molar-refractivity contribution in [2.45, 2.75) is 37.4 Å². The second-order valence-electron chi connectivity index (χ2n) is 8.58. The zero-order valence-electron chi connectivity index (χ0n) is 19.8. The Labute approximate surface area is 207 Å². The molecule has 2 aromatic carbocycles. The van der Waals surface area contributed by atoms with Crippen LogP contribution in [0.3, 0.4) is 0 Å². The van der Waals surface area contributed by atoms with E-state index < -0.39 is 17.1 Å². The standard InChI is InChI=1S/C26H27F3N4OS/c1-17-8-7-11-22(18(17)2)32-12-14-33(15-13-32)24(34)19(3)35-25-30-21(20-9-5-4-6-10-20)16-23(31-25)26(27,28)29/h4-11,16,19H,12-15H2,1-3H3. The maximum Gasteiger partial charge on any atom is 0.433 e. The Hall–Kier alpha value is -3.07. The van der Waals surface area contributed by atoms with Gasteiger partial charge in [0.05, 0.1) is 10.9 Å². The number of carbonyl (C=O) groups excluding carboxylic acids is 1. The summed E-state index contributed by atoms with van der Waals surface area (Å²) in [6.07, 6.45) is -4.61. The first kappa shape index (κ1) is 25.0. The summed E-state index contributed by atoms with van der Waals surface area (Å²) in [5.74, 6) is -0.127. The first-order chi connectivity index (χ1) is 16.6. The Morgan fingerprint density at radius 3 is 2.31 bits per heavy atom. The number of piperazine rings is 1. The highest BCUT2D eigenvalue weighted by Gasteiger charge is 2.34. The smallest absolute Gasteiger partial charge is 0.368 e. The van der Waals surface area contributed by atoms with Crippen LogP contribution >= 0.6 is 11.8 Å². The molecule has 1 aliphatic rings. The molecule has 1 amide bonds. The van der Waals surface area contributed by atoms with E-state index in [1.807, 2.05) is 6.07 Å². The lowest BCUT2D eigenvalue weighted by atomic mass is 10.1. The molecule has 35 heavy (non-hydrogen) atoms. The van der Waals surface area contributed by atoms with Gasteiger partial charge in [0.1, 0.15) is 5.69 Å². The third kappa shape index (κ3) is 5.78. The van der Waals surface area contributed by atoms with Crippen molar-refractivity contribution in [2.75, 3.05) is 31.1 Å². The lowest BCUT2D eigenvalue weighted by Gasteiger charge is -2.37. The van der Waals surface area contributed by atoms with Gasteiger partial charge >= 0.3 is 6.18 Å². The minimum Gasteiger partial charge on any atom is -0.368 e. The van der Waals surface area contributed by atoms with Crippen LogP contribution in [0.15, 0.2) is 59.8 Å². The minimum absolute atomic E-state index is 0.0615. The second-order valence-corrected chi connectivity index (χ2v) is 9.88. The van der Waals surface area contributed by atoms with Crippen molar-refractivity contribution in [3.8, 4) is 11.3 Å². The zero-order chi connectivity index (χ0) is 25.2. The van der Waals surface area contributed by atoms with Gasteiger partial charge in [0.15, 0.2) is 5.16 Å². The Bertz CT molecular complexity index is 1190. The molecular formula is C26H27F3N4OS. The largest absolute Gasteiger partial charge is 0.433 e. The van der Waals surface area contributed by atoms with Crippen LogP contribution < -0.4 is 4.90 Å². The van der Waals surface area contributed by atoms with Crippen LogP contribution in [0.2, 0.25) is 0 Å². The molecule has 5 nitrogen and oxygen atoms in total. The van der Waals surface area contributed by atoms with Crippen LogP contribution in [0.4, 0.5) is 18.9 Å². The van der Waals surface area contributed by atoms with Crippen molar-refractivity contribution >= 4 is 23.4 Å². The maximum absolute atomic E-state index is 13.5. The Morgan fingerprint density at radius 1 is 0.971 bits per heavy atom. The summed E-state index contributed by atoms with van der Waals surface area (Å²) in [4.78, 5) is 25.2. The number of alkyl halides is 3. The quantitative estimate of drug-likeness (QED) is 0.337. The van der Waals surface area contributed by atoms with Crippen LogP contribution in [0.25, 0.3) is 11.3 Å². The van der Waals surface area contributed by atoms with Crippen molar-refractivity contribution in [1.29, 1.82) is 0 Å². The van der Waals surface area contributed by atoms with E-state index in [0.29, 0.717) is 31.7 Å². The van der Waals surface area contributed by atoms with Crippen LogP contribution in [0, 0.1) is 13.8 Å². The molecule has 0 saturated carbocycles. The number of aromatic nitrogens is 2. The van der Waals surface area contributed by atoms with Gasteiger partial charge in [-0.15, -0.1) is 0 Å². The minimum atomic E-state index is -4.61. The number of hydrogen-bond donors (Lipinski definition) is 0. The number of halogens is 3. The molecule has 0 spiro atoms. The van der Waals surface area contributed by atoms with Crippen LogP contribution in [-0.4, -0.2) is 52.2 Å². The Kier molecular flexibility index (Phi) is 7.35. The summed E-state index contributed by atoms with van der Waals surface area (Å²) in [6, 6.07) is 15.8. The van der Waals surface area contributed by atoms with Crippen molar-refractivity contribution < 1.29 is 18.0 Å². The highest BCUT2D eigenvalue weighted by Crippen LogP contribution is 2.33. The molecule has 0 bridgehead atoms. The molecule has 4 rings (SSSR count). The number of benzene rings is 2. The number of amides is 1. The van der Waals surface area contributed by atoms with Gasteiger partial charge in [0.25, 0.3) is 0 Å². The fourth-order valence-corrected chi connectivity index (χ4v) is 4.96. The normalized spacial score (nSPS) is 15.3. The summed E-state index contributed by atoms with van der Waals surface area (Å²) in [6.45, 7) is 8.37. The van der Waals surface area contributed by atoms with Crippen molar-refractivity contribution in [1.82, 2.24) is 14.9 Å². The summed E-state index contributed by atoms with van der Waals surface area (Å²) in [7, 11) is 0. The van der Waals surface area contributed by atoms with Gasteiger partial charge in [-0.05, 0) is 44.0 Å². The van der Waals surface area contributed by atoms with Crippen LogP contribution in [-0.2, 0) is 11.0 Å². The molecule has 1 aromatic heterocycles. The number of carbonyl (C=O) groups is 1. The first-order valence-electron chi connectivity index (χ1n) is 11.4. The molecular weight excluding hydrogens is 473 g/mol. The fraction of sp³-hybridized carbons (Fsp3) is 0.346. The van der Waals surface area contributed by atoms with Gasteiger partial charge in [-0.1, -0.05) is 54.2 Å². The van der Waals surface area contributed by atoms with Gasteiger partial charge < -0.3 is 9.80 Å². The number of nitrogens with zero attached hydrogens (tertiary/aromatic N) is 4. The van der Waals surface area contributed by atoms with Crippen LogP contribution in [0.5, 0.6) is 0 Å². The number of hydrogen-bond acceptors (Lipinski definition) is 5. The third-order valence-corrected chi connectivity index (χ3v) is 7.15. The molecule has 1 fully saturated rings. The Morgan fingerprint density at radius 2 is 1.66 bits per heavy atom. The van der Waals surface area contributed by atoms with E-state index in [1.165, 1.54) is 16.8 Å². The molecule has 0 N–H and O–H groups in total. The van der Waals surface area contributed by atoms with Gasteiger partial charge in [-0.2, -0.15) is 13.2 Å². The lowest BCUT2D eigenvalue weighted by Crippen LogP contribution is -2.50.